The van der Waals surface area contributed by atoms with Crippen LogP contribution in [0.15, 0.2) is 30.5 Å². The van der Waals surface area contributed by atoms with Gasteiger partial charge >= 0.3 is 0 Å². The van der Waals surface area contributed by atoms with Gasteiger partial charge in [-0.05, 0) is 30.0 Å². The van der Waals surface area contributed by atoms with Crippen LogP contribution in [0.1, 0.15) is 36.6 Å². The second-order valence-electron chi connectivity index (χ2n) is 4.90. The SMILES string of the molecule is CC(C)c1cnc(NC(=O)CCc2ccc(Cl)cc2)s1. The molecule has 0 atom stereocenters. The van der Waals surface area contributed by atoms with Crippen LogP contribution in [0.2, 0.25) is 5.02 Å². The minimum absolute atomic E-state index is 0.00962. The number of benzene rings is 1. The first-order valence-corrected chi connectivity index (χ1v) is 7.74. The third kappa shape index (κ3) is 4.32. The van der Waals surface area contributed by atoms with Crippen molar-refractivity contribution in [3.8, 4) is 0 Å². The van der Waals surface area contributed by atoms with Crippen LogP contribution in [0.4, 0.5) is 5.13 Å². The number of halogens is 1. The third-order valence-corrected chi connectivity index (χ3v) is 4.36. The van der Waals surface area contributed by atoms with Crippen LogP contribution in [0.5, 0.6) is 0 Å². The number of hydrogen-bond donors (Lipinski definition) is 1. The molecule has 0 aliphatic rings. The van der Waals surface area contributed by atoms with Crippen LogP contribution >= 0.6 is 22.9 Å². The molecule has 1 aromatic carbocycles. The molecule has 2 aromatic rings. The van der Waals surface area contributed by atoms with Crippen LogP contribution in [0.25, 0.3) is 0 Å². The number of thiazole rings is 1. The standard InChI is InChI=1S/C15H17ClN2OS/c1-10(2)13-9-17-15(20-13)18-14(19)8-5-11-3-6-12(16)7-4-11/h3-4,6-7,9-10H,5,8H2,1-2H3,(H,17,18,19). The molecule has 3 nitrogen and oxygen atoms in total. The van der Waals surface area contributed by atoms with Crippen molar-refractivity contribution in [1.82, 2.24) is 4.98 Å². The van der Waals surface area contributed by atoms with E-state index in [1.54, 1.807) is 0 Å². The summed E-state index contributed by atoms with van der Waals surface area (Å²) in [6.07, 6.45) is 2.97. The van der Waals surface area contributed by atoms with Gasteiger partial charge < -0.3 is 5.32 Å². The summed E-state index contributed by atoms with van der Waals surface area (Å²) < 4.78 is 0. The van der Waals surface area contributed by atoms with Crippen molar-refractivity contribution >= 4 is 34.0 Å². The van der Waals surface area contributed by atoms with Crippen LogP contribution in [0, 0.1) is 0 Å². The van der Waals surface area contributed by atoms with Gasteiger partial charge in [-0.3, -0.25) is 4.79 Å². The third-order valence-electron chi connectivity index (χ3n) is 2.89. The van der Waals surface area contributed by atoms with E-state index in [0.717, 1.165) is 5.56 Å². The van der Waals surface area contributed by atoms with Gasteiger partial charge in [-0.1, -0.05) is 37.6 Å². The molecule has 0 radical (unpaired) electrons. The molecule has 0 aliphatic heterocycles. The number of nitrogens with zero attached hydrogens (tertiary/aromatic N) is 1. The maximum absolute atomic E-state index is 11.9. The normalized spacial score (nSPS) is 10.8. The molecule has 5 heteroatoms. The lowest BCUT2D eigenvalue weighted by Crippen LogP contribution is -2.11. The molecule has 0 fully saturated rings. The van der Waals surface area contributed by atoms with Crippen LogP contribution < -0.4 is 5.32 Å². The summed E-state index contributed by atoms with van der Waals surface area (Å²) in [4.78, 5) is 17.3. The lowest BCUT2D eigenvalue weighted by atomic mass is 10.1. The number of amides is 1. The van der Waals surface area contributed by atoms with Gasteiger partial charge in [-0.25, -0.2) is 4.98 Å². The van der Waals surface area contributed by atoms with Crippen LogP contribution in [-0.4, -0.2) is 10.9 Å². The zero-order chi connectivity index (χ0) is 14.5. The average molecular weight is 309 g/mol. The van der Waals surface area contributed by atoms with Gasteiger partial charge in [-0.15, -0.1) is 11.3 Å². The molecule has 2 rings (SSSR count). The molecule has 1 N–H and O–H groups in total. The minimum atomic E-state index is -0.00962. The predicted molar refractivity (Wildman–Crippen MR) is 84.6 cm³/mol. The number of nitrogens with one attached hydrogen (secondary N) is 1. The largest absolute Gasteiger partial charge is 0.302 e. The number of aromatic nitrogens is 1. The summed E-state index contributed by atoms with van der Waals surface area (Å²) >= 11 is 7.36. The summed E-state index contributed by atoms with van der Waals surface area (Å²) in [5, 5.41) is 4.23. The van der Waals surface area contributed by atoms with Crippen molar-refractivity contribution in [2.24, 2.45) is 0 Å². The molecule has 20 heavy (non-hydrogen) atoms. The van der Waals surface area contributed by atoms with Gasteiger partial charge in [0.05, 0.1) is 0 Å². The number of rotatable bonds is 5. The topological polar surface area (TPSA) is 42.0 Å². The highest BCUT2D eigenvalue weighted by molar-refractivity contribution is 7.15. The van der Waals surface area contributed by atoms with E-state index in [-0.39, 0.29) is 5.91 Å². The summed E-state index contributed by atoms with van der Waals surface area (Å²) in [5.41, 5.74) is 1.10. The van der Waals surface area contributed by atoms with E-state index in [4.69, 9.17) is 11.6 Å². The van der Waals surface area contributed by atoms with Crippen molar-refractivity contribution in [2.45, 2.75) is 32.6 Å². The zero-order valence-electron chi connectivity index (χ0n) is 11.5. The molecule has 0 saturated carbocycles. The fraction of sp³-hybridized carbons (Fsp3) is 0.333. The Morgan fingerprint density at radius 3 is 2.65 bits per heavy atom. The number of hydrogen-bond acceptors (Lipinski definition) is 3. The van der Waals surface area contributed by atoms with E-state index in [0.29, 0.717) is 28.9 Å². The monoisotopic (exact) mass is 308 g/mol. The Morgan fingerprint density at radius 1 is 1.35 bits per heavy atom. The van der Waals surface area contributed by atoms with E-state index in [2.05, 4.69) is 24.1 Å². The highest BCUT2D eigenvalue weighted by Gasteiger charge is 2.08. The first kappa shape index (κ1) is 15.0. The first-order valence-electron chi connectivity index (χ1n) is 6.54. The number of carbonyl (C=O) groups excluding carboxylic acids is 1. The van der Waals surface area contributed by atoms with Gasteiger partial charge in [0.15, 0.2) is 5.13 Å². The highest BCUT2D eigenvalue weighted by atomic mass is 35.5. The number of aryl methyl sites for hydroxylation is 1. The van der Waals surface area contributed by atoms with E-state index < -0.39 is 0 Å². The molecule has 106 valence electrons. The summed E-state index contributed by atoms with van der Waals surface area (Å²) in [6.45, 7) is 4.22. The minimum Gasteiger partial charge on any atom is -0.302 e. The van der Waals surface area contributed by atoms with E-state index in [9.17, 15) is 4.79 Å². The number of anilines is 1. The van der Waals surface area contributed by atoms with Gasteiger partial charge in [0.1, 0.15) is 0 Å². The Morgan fingerprint density at radius 2 is 2.05 bits per heavy atom. The predicted octanol–water partition coefficient (Wildman–Crippen LogP) is 4.49. The zero-order valence-corrected chi connectivity index (χ0v) is 13.1. The van der Waals surface area contributed by atoms with Crippen molar-refractivity contribution in [1.29, 1.82) is 0 Å². The molecular formula is C15H17ClN2OS. The fourth-order valence-corrected chi connectivity index (χ4v) is 2.66. The molecule has 0 bridgehead atoms. The Bertz CT molecular complexity index is 578. The second-order valence-corrected chi connectivity index (χ2v) is 6.40. The lowest BCUT2D eigenvalue weighted by Gasteiger charge is -2.02. The lowest BCUT2D eigenvalue weighted by molar-refractivity contribution is -0.116. The quantitative estimate of drug-likeness (QED) is 0.884. The molecular weight excluding hydrogens is 292 g/mol. The van der Waals surface area contributed by atoms with Crippen molar-refractivity contribution in [3.05, 3.63) is 45.9 Å². The first-order chi connectivity index (χ1) is 9.54. The second kappa shape index (κ2) is 6.86. The maximum atomic E-state index is 11.9. The van der Waals surface area contributed by atoms with Crippen molar-refractivity contribution < 1.29 is 4.79 Å². The Hall–Kier alpha value is -1.39. The van der Waals surface area contributed by atoms with Crippen molar-refractivity contribution in [2.75, 3.05) is 5.32 Å². The Balaban J connectivity index is 1.84. The summed E-state index contributed by atoms with van der Waals surface area (Å²) in [5.74, 6) is 0.428. The molecule has 0 spiro atoms. The van der Waals surface area contributed by atoms with Crippen molar-refractivity contribution in [3.63, 3.8) is 0 Å². The van der Waals surface area contributed by atoms with E-state index in [1.807, 2.05) is 30.5 Å². The summed E-state index contributed by atoms with van der Waals surface area (Å²) in [7, 11) is 0. The maximum Gasteiger partial charge on any atom is 0.226 e. The Kier molecular flexibility index (Phi) is 5.15. The molecule has 0 saturated heterocycles. The molecule has 1 amide bonds. The molecule has 0 aliphatic carbocycles. The molecule has 0 unspecified atom stereocenters. The van der Waals surface area contributed by atoms with Gasteiger partial charge in [0, 0.05) is 22.5 Å². The molecule has 1 heterocycles. The van der Waals surface area contributed by atoms with Gasteiger partial charge in [0.25, 0.3) is 0 Å². The van der Waals surface area contributed by atoms with Crippen LogP contribution in [-0.2, 0) is 11.2 Å². The molecule has 1 aromatic heterocycles. The highest BCUT2D eigenvalue weighted by Crippen LogP contribution is 2.25. The average Bonchev–Trinajstić information content (AvgIpc) is 2.87. The van der Waals surface area contributed by atoms with E-state index in [1.165, 1.54) is 16.2 Å². The van der Waals surface area contributed by atoms with Gasteiger partial charge in [0.2, 0.25) is 5.91 Å². The van der Waals surface area contributed by atoms with Crippen LogP contribution in [0.3, 0.4) is 0 Å². The smallest absolute Gasteiger partial charge is 0.226 e. The number of carbonyl (C=O) groups is 1. The summed E-state index contributed by atoms with van der Waals surface area (Å²) in [6, 6.07) is 7.56. The fourth-order valence-electron chi connectivity index (χ4n) is 1.70. The van der Waals surface area contributed by atoms with Gasteiger partial charge in [-0.2, -0.15) is 0 Å². The Labute approximate surface area is 128 Å². The van der Waals surface area contributed by atoms with E-state index >= 15 is 0 Å².